The summed E-state index contributed by atoms with van der Waals surface area (Å²) in [5.41, 5.74) is 1.08. The summed E-state index contributed by atoms with van der Waals surface area (Å²) in [5.74, 6) is 0.924. The molecule has 1 atom stereocenters. The Bertz CT molecular complexity index is 433. The Kier molecular flexibility index (Phi) is 4.99. The van der Waals surface area contributed by atoms with Crippen LogP contribution in [0.1, 0.15) is 32.4 Å². The highest BCUT2D eigenvalue weighted by molar-refractivity contribution is 6.74. The highest BCUT2D eigenvalue weighted by Gasteiger charge is 2.38. The highest BCUT2D eigenvalue weighted by atomic mass is 28.4. The molecule has 0 N–H and O–H groups in total. The van der Waals surface area contributed by atoms with Crippen molar-refractivity contribution in [3.05, 3.63) is 42.5 Å². The second-order valence-electron chi connectivity index (χ2n) is 6.33. The molecule has 0 saturated carbocycles. The van der Waals surface area contributed by atoms with E-state index in [0.29, 0.717) is 0 Å². The van der Waals surface area contributed by atoms with Gasteiger partial charge in [-0.05, 0) is 35.8 Å². The van der Waals surface area contributed by atoms with Gasteiger partial charge in [-0.2, -0.15) is 0 Å². The summed E-state index contributed by atoms with van der Waals surface area (Å²) in [6, 6.07) is 8.11. The molecule has 19 heavy (non-hydrogen) atoms. The molecule has 0 spiro atoms. The van der Waals surface area contributed by atoms with Gasteiger partial charge in [-0.1, -0.05) is 39.0 Å². The van der Waals surface area contributed by atoms with Gasteiger partial charge in [0.25, 0.3) is 0 Å². The average molecular weight is 278 g/mol. The van der Waals surface area contributed by atoms with Crippen LogP contribution in [0.15, 0.2) is 36.9 Å². The lowest BCUT2D eigenvalue weighted by atomic mass is 10.1. The quantitative estimate of drug-likeness (QED) is 0.561. The Morgan fingerprint density at radius 3 is 2.37 bits per heavy atom. The van der Waals surface area contributed by atoms with Crippen LogP contribution in [-0.4, -0.2) is 15.4 Å². The van der Waals surface area contributed by atoms with Crippen LogP contribution in [-0.2, 0) is 4.74 Å². The molecule has 0 aliphatic carbocycles. The van der Waals surface area contributed by atoms with E-state index in [4.69, 9.17) is 9.16 Å². The van der Waals surface area contributed by atoms with E-state index < -0.39 is 8.32 Å². The van der Waals surface area contributed by atoms with Gasteiger partial charge in [-0.3, -0.25) is 0 Å². The normalized spacial score (nSPS) is 14.0. The summed E-state index contributed by atoms with van der Waals surface area (Å²) >= 11 is 0. The van der Waals surface area contributed by atoms with Crippen molar-refractivity contribution < 1.29 is 9.16 Å². The Morgan fingerprint density at radius 2 is 1.89 bits per heavy atom. The van der Waals surface area contributed by atoms with Crippen molar-refractivity contribution in [1.82, 2.24) is 0 Å². The minimum atomic E-state index is -1.79. The van der Waals surface area contributed by atoms with Gasteiger partial charge >= 0.3 is 0 Å². The number of hydrogen-bond acceptors (Lipinski definition) is 2. The van der Waals surface area contributed by atoms with E-state index in [-0.39, 0.29) is 11.1 Å². The fraction of sp³-hybridized carbons (Fsp3) is 0.500. The van der Waals surface area contributed by atoms with Gasteiger partial charge in [0.05, 0.1) is 0 Å². The molecule has 0 saturated heterocycles. The molecule has 2 nitrogen and oxygen atoms in total. The predicted molar refractivity (Wildman–Crippen MR) is 84.2 cm³/mol. The SMILES string of the molecule is C=C[C@H](OC)c1cccc(O[Si](C)(C)C(C)(C)C)c1. The molecule has 0 aliphatic heterocycles. The van der Waals surface area contributed by atoms with Crippen LogP contribution in [0.25, 0.3) is 0 Å². The zero-order valence-corrected chi connectivity index (χ0v) is 14.0. The molecule has 1 aromatic carbocycles. The molecule has 0 unspecified atom stereocenters. The van der Waals surface area contributed by atoms with Gasteiger partial charge in [-0.15, -0.1) is 6.58 Å². The first-order valence-electron chi connectivity index (χ1n) is 6.65. The first kappa shape index (κ1) is 16.0. The molecule has 3 heteroatoms. The highest BCUT2D eigenvalue weighted by Crippen LogP contribution is 2.37. The summed E-state index contributed by atoms with van der Waals surface area (Å²) < 4.78 is 11.7. The average Bonchev–Trinajstić information content (AvgIpc) is 2.29. The van der Waals surface area contributed by atoms with Crippen LogP contribution >= 0.6 is 0 Å². The van der Waals surface area contributed by atoms with Crippen LogP contribution in [0.3, 0.4) is 0 Å². The summed E-state index contributed by atoms with van der Waals surface area (Å²) in [6.45, 7) is 15.0. The Labute approximate surface area is 118 Å². The Morgan fingerprint density at radius 1 is 1.26 bits per heavy atom. The van der Waals surface area contributed by atoms with E-state index in [9.17, 15) is 0 Å². The molecule has 0 amide bonds. The third kappa shape index (κ3) is 3.95. The van der Waals surface area contributed by atoms with E-state index in [1.807, 2.05) is 18.2 Å². The number of benzene rings is 1. The smallest absolute Gasteiger partial charge is 0.250 e. The molecule has 106 valence electrons. The van der Waals surface area contributed by atoms with E-state index >= 15 is 0 Å². The number of hydrogen-bond donors (Lipinski definition) is 0. The number of rotatable bonds is 5. The number of ether oxygens (including phenoxy) is 1. The van der Waals surface area contributed by atoms with E-state index in [2.05, 4.69) is 46.5 Å². The maximum atomic E-state index is 6.30. The molecule has 0 aliphatic rings. The first-order chi connectivity index (χ1) is 8.71. The van der Waals surface area contributed by atoms with Crippen molar-refractivity contribution in [3.8, 4) is 5.75 Å². The van der Waals surface area contributed by atoms with Crippen LogP contribution in [0.5, 0.6) is 5.75 Å². The van der Waals surface area contributed by atoms with Crippen LogP contribution in [0, 0.1) is 0 Å². The third-order valence-corrected chi connectivity index (χ3v) is 8.19. The standard InChI is InChI=1S/C16H26O2Si/c1-8-15(17-5)13-10-9-11-14(12-13)18-19(6,7)16(2,3)4/h8-12,15H,1H2,2-7H3/t15-/m0/s1. The lowest BCUT2D eigenvalue weighted by molar-refractivity contribution is 0.143. The van der Waals surface area contributed by atoms with Gasteiger partial charge in [0, 0.05) is 7.11 Å². The fourth-order valence-corrected chi connectivity index (χ4v) is 2.59. The molecule has 0 bridgehead atoms. The van der Waals surface area contributed by atoms with Crippen molar-refractivity contribution in [1.29, 1.82) is 0 Å². The summed E-state index contributed by atoms with van der Waals surface area (Å²) in [4.78, 5) is 0. The molecular weight excluding hydrogens is 252 g/mol. The fourth-order valence-electron chi connectivity index (χ4n) is 1.57. The summed E-state index contributed by atoms with van der Waals surface area (Å²) in [7, 11) is -0.102. The van der Waals surface area contributed by atoms with Crippen molar-refractivity contribution >= 4 is 8.32 Å². The van der Waals surface area contributed by atoms with Gasteiger partial charge in [-0.25, -0.2) is 0 Å². The first-order valence-corrected chi connectivity index (χ1v) is 9.56. The molecule has 0 aromatic heterocycles. The van der Waals surface area contributed by atoms with Gasteiger partial charge in [0.15, 0.2) is 0 Å². The molecule has 1 aromatic rings. The zero-order chi connectivity index (χ0) is 14.7. The Balaban J connectivity index is 2.98. The van der Waals surface area contributed by atoms with Crippen molar-refractivity contribution in [2.45, 2.75) is 45.0 Å². The second-order valence-corrected chi connectivity index (χ2v) is 11.1. The molecule has 0 radical (unpaired) electrons. The molecule has 0 heterocycles. The van der Waals surface area contributed by atoms with Crippen LogP contribution in [0.4, 0.5) is 0 Å². The second kappa shape index (κ2) is 5.93. The summed E-state index contributed by atoms with van der Waals surface area (Å²) in [5, 5.41) is 0.197. The Hall–Kier alpha value is -1.06. The lowest BCUT2D eigenvalue weighted by Crippen LogP contribution is -2.43. The van der Waals surface area contributed by atoms with E-state index in [1.54, 1.807) is 13.2 Å². The largest absolute Gasteiger partial charge is 0.543 e. The van der Waals surface area contributed by atoms with Gasteiger partial charge in [0.2, 0.25) is 8.32 Å². The van der Waals surface area contributed by atoms with Crippen molar-refractivity contribution in [3.63, 3.8) is 0 Å². The van der Waals surface area contributed by atoms with Crippen molar-refractivity contribution in [2.75, 3.05) is 7.11 Å². The molecular formula is C16H26O2Si. The number of methoxy groups -OCH3 is 1. The maximum Gasteiger partial charge on any atom is 0.250 e. The van der Waals surface area contributed by atoms with Crippen LogP contribution < -0.4 is 4.43 Å². The zero-order valence-electron chi connectivity index (χ0n) is 13.0. The monoisotopic (exact) mass is 278 g/mol. The van der Waals surface area contributed by atoms with E-state index in [0.717, 1.165) is 11.3 Å². The minimum absolute atomic E-state index is 0.0806. The van der Waals surface area contributed by atoms with E-state index in [1.165, 1.54) is 0 Å². The predicted octanol–water partition coefficient (Wildman–Crippen LogP) is 4.94. The minimum Gasteiger partial charge on any atom is -0.543 e. The lowest BCUT2D eigenvalue weighted by Gasteiger charge is -2.36. The third-order valence-electron chi connectivity index (χ3n) is 3.83. The van der Waals surface area contributed by atoms with Crippen LogP contribution in [0.2, 0.25) is 18.1 Å². The topological polar surface area (TPSA) is 18.5 Å². The summed E-state index contributed by atoms with van der Waals surface area (Å²) in [6.07, 6.45) is 1.72. The van der Waals surface area contributed by atoms with Crippen molar-refractivity contribution in [2.24, 2.45) is 0 Å². The van der Waals surface area contributed by atoms with Gasteiger partial charge in [0.1, 0.15) is 11.9 Å². The molecule has 1 rings (SSSR count). The van der Waals surface area contributed by atoms with Gasteiger partial charge < -0.3 is 9.16 Å². The maximum absolute atomic E-state index is 6.30. The molecule has 0 fully saturated rings.